The van der Waals surface area contributed by atoms with Crippen molar-refractivity contribution in [3.05, 3.63) is 34.6 Å². The van der Waals surface area contributed by atoms with Crippen LogP contribution >= 0.6 is 11.6 Å². The van der Waals surface area contributed by atoms with E-state index in [1.807, 2.05) is 13.8 Å². The smallest absolute Gasteiger partial charge is 0.303 e. The highest BCUT2D eigenvalue weighted by Crippen LogP contribution is 2.26. The molecule has 1 unspecified atom stereocenters. The first-order valence-corrected chi connectivity index (χ1v) is 6.65. The van der Waals surface area contributed by atoms with E-state index in [2.05, 4.69) is 5.32 Å². The molecular weight excluding hydrogens is 285 g/mol. The number of carbonyl (C=O) groups excluding carboxylic acids is 1. The van der Waals surface area contributed by atoms with Crippen molar-refractivity contribution in [1.82, 2.24) is 5.32 Å². The van der Waals surface area contributed by atoms with E-state index < -0.39 is 23.7 Å². The maximum Gasteiger partial charge on any atom is 0.303 e. The van der Waals surface area contributed by atoms with Crippen molar-refractivity contribution >= 4 is 23.5 Å². The molecular formula is C14H17ClFNO3. The molecule has 0 saturated heterocycles. The number of benzene rings is 1. The molecule has 1 rings (SSSR count). The van der Waals surface area contributed by atoms with Crippen LogP contribution in [0.3, 0.4) is 0 Å². The second-order valence-electron chi connectivity index (χ2n) is 4.85. The van der Waals surface area contributed by atoms with Gasteiger partial charge in [-0.2, -0.15) is 0 Å². The van der Waals surface area contributed by atoms with Crippen LogP contribution in [0.5, 0.6) is 0 Å². The van der Waals surface area contributed by atoms with Crippen LogP contribution in [0.4, 0.5) is 4.39 Å². The first-order chi connectivity index (χ1) is 9.31. The molecule has 0 bridgehead atoms. The largest absolute Gasteiger partial charge is 0.481 e. The van der Waals surface area contributed by atoms with Crippen molar-refractivity contribution in [2.45, 2.75) is 32.7 Å². The van der Waals surface area contributed by atoms with E-state index in [4.69, 9.17) is 16.7 Å². The third-order valence-electron chi connectivity index (χ3n) is 2.85. The molecule has 1 aromatic rings. The molecule has 0 aliphatic carbocycles. The van der Waals surface area contributed by atoms with Crippen LogP contribution in [0.2, 0.25) is 5.02 Å². The SMILES string of the molecule is CC(C)C(NC(=O)CCC(=O)O)c1ccc(Cl)cc1F. The number of amides is 1. The van der Waals surface area contributed by atoms with Gasteiger partial charge in [-0.3, -0.25) is 9.59 Å². The zero-order valence-electron chi connectivity index (χ0n) is 11.3. The number of hydrogen-bond donors (Lipinski definition) is 2. The topological polar surface area (TPSA) is 66.4 Å². The number of hydrogen-bond acceptors (Lipinski definition) is 2. The molecule has 1 aromatic carbocycles. The van der Waals surface area contributed by atoms with E-state index in [0.717, 1.165) is 0 Å². The van der Waals surface area contributed by atoms with Gasteiger partial charge in [0, 0.05) is 17.0 Å². The van der Waals surface area contributed by atoms with Gasteiger partial charge in [0.05, 0.1) is 12.5 Å². The van der Waals surface area contributed by atoms with Crippen LogP contribution in [0.25, 0.3) is 0 Å². The molecule has 110 valence electrons. The molecule has 1 amide bonds. The first kappa shape index (κ1) is 16.4. The van der Waals surface area contributed by atoms with Gasteiger partial charge in [-0.25, -0.2) is 4.39 Å². The van der Waals surface area contributed by atoms with Crippen LogP contribution in [0, 0.1) is 11.7 Å². The molecule has 6 heteroatoms. The van der Waals surface area contributed by atoms with Crippen LogP contribution < -0.4 is 5.32 Å². The van der Waals surface area contributed by atoms with E-state index in [1.165, 1.54) is 12.1 Å². The van der Waals surface area contributed by atoms with Gasteiger partial charge in [0.1, 0.15) is 5.82 Å². The van der Waals surface area contributed by atoms with Gasteiger partial charge >= 0.3 is 5.97 Å². The van der Waals surface area contributed by atoms with Gasteiger partial charge in [-0.15, -0.1) is 0 Å². The Labute approximate surface area is 121 Å². The van der Waals surface area contributed by atoms with Gasteiger partial charge in [0.2, 0.25) is 5.91 Å². The molecule has 20 heavy (non-hydrogen) atoms. The Bertz CT molecular complexity index is 505. The maximum absolute atomic E-state index is 13.9. The standard InChI is InChI=1S/C14H17ClFNO3/c1-8(2)14(17-12(18)5-6-13(19)20)10-4-3-9(15)7-11(10)16/h3-4,7-8,14H,5-6H2,1-2H3,(H,17,18)(H,19,20). The summed E-state index contributed by atoms with van der Waals surface area (Å²) in [5, 5.41) is 11.5. The average molecular weight is 302 g/mol. The minimum Gasteiger partial charge on any atom is -0.481 e. The highest BCUT2D eigenvalue weighted by atomic mass is 35.5. The minimum absolute atomic E-state index is 0.0422. The molecule has 0 aromatic heterocycles. The fourth-order valence-corrected chi connectivity index (χ4v) is 1.98. The quantitative estimate of drug-likeness (QED) is 0.848. The van der Waals surface area contributed by atoms with Crippen LogP contribution in [-0.2, 0) is 9.59 Å². The Morgan fingerprint density at radius 3 is 2.50 bits per heavy atom. The molecule has 0 spiro atoms. The van der Waals surface area contributed by atoms with Crippen molar-refractivity contribution < 1.29 is 19.1 Å². The number of rotatable bonds is 6. The van der Waals surface area contributed by atoms with Gasteiger partial charge < -0.3 is 10.4 Å². The summed E-state index contributed by atoms with van der Waals surface area (Å²) in [6.07, 6.45) is -0.381. The molecule has 1 atom stereocenters. The van der Waals surface area contributed by atoms with E-state index in [1.54, 1.807) is 6.07 Å². The fraction of sp³-hybridized carbons (Fsp3) is 0.429. The number of nitrogens with one attached hydrogen (secondary N) is 1. The number of aliphatic carboxylic acids is 1. The van der Waals surface area contributed by atoms with E-state index >= 15 is 0 Å². The Balaban J connectivity index is 2.84. The maximum atomic E-state index is 13.9. The predicted octanol–water partition coefficient (Wildman–Crippen LogP) is 3.16. The predicted molar refractivity (Wildman–Crippen MR) is 74.0 cm³/mol. The molecule has 0 aliphatic rings. The van der Waals surface area contributed by atoms with E-state index in [-0.39, 0.29) is 23.8 Å². The summed E-state index contributed by atoms with van der Waals surface area (Å²) in [6, 6.07) is 3.75. The number of halogens is 2. The summed E-state index contributed by atoms with van der Waals surface area (Å²) < 4.78 is 13.9. The Morgan fingerprint density at radius 2 is 2.00 bits per heavy atom. The second-order valence-corrected chi connectivity index (χ2v) is 5.29. The third kappa shape index (κ3) is 4.81. The van der Waals surface area contributed by atoms with Crippen molar-refractivity contribution in [2.24, 2.45) is 5.92 Å². The monoisotopic (exact) mass is 301 g/mol. The lowest BCUT2D eigenvalue weighted by Gasteiger charge is -2.23. The molecule has 2 N–H and O–H groups in total. The summed E-state index contributed by atoms with van der Waals surface area (Å²) in [7, 11) is 0. The summed E-state index contributed by atoms with van der Waals surface area (Å²) in [4.78, 5) is 22.1. The summed E-state index contributed by atoms with van der Waals surface area (Å²) in [5.74, 6) is -1.99. The summed E-state index contributed by atoms with van der Waals surface area (Å²) in [6.45, 7) is 3.69. The Hall–Kier alpha value is -1.62. The molecule has 4 nitrogen and oxygen atoms in total. The lowest BCUT2D eigenvalue weighted by atomic mass is 9.95. The van der Waals surface area contributed by atoms with Crippen molar-refractivity contribution in [3.63, 3.8) is 0 Å². The van der Waals surface area contributed by atoms with E-state index in [0.29, 0.717) is 5.56 Å². The fourth-order valence-electron chi connectivity index (χ4n) is 1.82. The molecule has 0 heterocycles. The first-order valence-electron chi connectivity index (χ1n) is 6.27. The van der Waals surface area contributed by atoms with Gasteiger partial charge in [0.15, 0.2) is 0 Å². The van der Waals surface area contributed by atoms with Gasteiger partial charge in [0.25, 0.3) is 0 Å². The number of carbonyl (C=O) groups is 2. The average Bonchev–Trinajstić information content (AvgIpc) is 2.34. The Morgan fingerprint density at radius 1 is 1.35 bits per heavy atom. The summed E-state index contributed by atoms with van der Waals surface area (Å²) >= 11 is 5.70. The van der Waals surface area contributed by atoms with E-state index in [9.17, 15) is 14.0 Å². The highest BCUT2D eigenvalue weighted by molar-refractivity contribution is 6.30. The third-order valence-corrected chi connectivity index (χ3v) is 3.08. The van der Waals surface area contributed by atoms with Crippen molar-refractivity contribution in [1.29, 1.82) is 0 Å². The lowest BCUT2D eigenvalue weighted by molar-refractivity contribution is -0.139. The Kier molecular flexibility index (Phi) is 5.95. The zero-order chi connectivity index (χ0) is 15.3. The second kappa shape index (κ2) is 7.24. The highest BCUT2D eigenvalue weighted by Gasteiger charge is 2.21. The number of carboxylic acid groups (broad SMARTS) is 1. The van der Waals surface area contributed by atoms with Crippen LogP contribution in [0.15, 0.2) is 18.2 Å². The summed E-state index contributed by atoms with van der Waals surface area (Å²) in [5.41, 5.74) is 0.341. The molecule has 0 saturated carbocycles. The zero-order valence-corrected chi connectivity index (χ0v) is 12.1. The van der Waals surface area contributed by atoms with Crippen LogP contribution in [0.1, 0.15) is 38.3 Å². The van der Waals surface area contributed by atoms with Crippen LogP contribution in [-0.4, -0.2) is 17.0 Å². The van der Waals surface area contributed by atoms with Crippen molar-refractivity contribution in [3.8, 4) is 0 Å². The van der Waals surface area contributed by atoms with Gasteiger partial charge in [-0.1, -0.05) is 31.5 Å². The van der Waals surface area contributed by atoms with Gasteiger partial charge in [-0.05, 0) is 18.1 Å². The lowest BCUT2D eigenvalue weighted by Crippen LogP contribution is -2.32. The molecule has 0 radical (unpaired) electrons. The molecule has 0 aliphatic heterocycles. The molecule has 0 fully saturated rings. The minimum atomic E-state index is -1.04. The number of carboxylic acids is 1. The van der Waals surface area contributed by atoms with Crippen molar-refractivity contribution in [2.75, 3.05) is 0 Å². The normalized spacial score (nSPS) is 12.2.